The largest absolute Gasteiger partial charge is 0.394 e. The second-order valence-corrected chi connectivity index (χ2v) is 1.94. The Morgan fingerprint density at radius 1 is 1.82 bits per heavy atom. The van der Waals surface area contributed by atoms with Gasteiger partial charge in [0.1, 0.15) is 5.69 Å². The molecule has 1 heterocycles. The highest BCUT2D eigenvalue weighted by molar-refractivity contribution is 5.72. The number of nitrogens with zero attached hydrogens (tertiary/aromatic N) is 2. The summed E-state index contributed by atoms with van der Waals surface area (Å²) in [6.07, 6.45) is 1.32. The molecule has 0 unspecified atom stereocenters. The molecule has 0 aliphatic carbocycles. The van der Waals surface area contributed by atoms with E-state index in [1.807, 2.05) is 0 Å². The van der Waals surface area contributed by atoms with Gasteiger partial charge < -0.3 is 5.11 Å². The zero-order chi connectivity index (χ0) is 8.27. The maximum absolute atomic E-state index is 12.5. The van der Waals surface area contributed by atoms with Crippen molar-refractivity contribution in [2.45, 2.75) is 6.54 Å². The van der Waals surface area contributed by atoms with Crippen molar-refractivity contribution in [2.75, 3.05) is 6.61 Å². The molecule has 0 radical (unpaired) electrons. The minimum atomic E-state index is -0.659. The van der Waals surface area contributed by atoms with Gasteiger partial charge in [-0.05, 0) is 0 Å². The van der Waals surface area contributed by atoms with Crippen molar-refractivity contribution >= 4 is 6.29 Å². The molecule has 0 atom stereocenters. The molecule has 11 heavy (non-hydrogen) atoms. The molecular formula is C6H7FN2O2. The molecule has 0 saturated heterocycles. The molecule has 60 valence electrons. The van der Waals surface area contributed by atoms with Crippen LogP contribution >= 0.6 is 0 Å². The number of carbonyl (C=O) groups excluding carboxylic acids is 1. The molecule has 0 spiro atoms. The topological polar surface area (TPSA) is 55.1 Å². The van der Waals surface area contributed by atoms with Gasteiger partial charge in [-0.1, -0.05) is 0 Å². The molecule has 1 N–H and O–H groups in total. The average Bonchev–Trinajstić information content (AvgIpc) is 2.33. The molecule has 4 nitrogen and oxygen atoms in total. The van der Waals surface area contributed by atoms with Crippen LogP contribution in [0.1, 0.15) is 10.5 Å². The standard InChI is InChI=1S/C6H7FN2O2/c7-5-3-8-9(1-2-10)6(5)4-11/h3-4,10H,1-2H2. The van der Waals surface area contributed by atoms with Crippen molar-refractivity contribution in [3.8, 4) is 0 Å². The number of halogens is 1. The van der Waals surface area contributed by atoms with E-state index >= 15 is 0 Å². The summed E-state index contributed by atoms with van der Waals surface area (Å²) in [6, 6.07) is 0. The number of aromatic nitrogens is 2. The lowest BCUT2D eigenvalue weighted by Crippen LogP contribution is -2.07. The van der Waals surface area contributed by atoms with E-state index in [0.29, 0.717) is 6.29 Å². The van der Waals surface area contributed by atoms with Gasteiger partial charge in [-0.3, -0.25) is 9.48 Å². The van der Waals surface area contributed by atoms with Crippen LogP contribution in [0.5, 0.6) is 0 Å². The lowest BCUT2D eigenvalue weighted by molar-refractivity contribution is 0.110. The van der Waals surface area contributed by atoms with Crippen LogP contribution in [0, 0.1) is 5.82 Å². The Hall–Kier alpha value is -1.23. The van der Waals surface area contributed by atoms with E-state index in [1.54, 1.807) is 0 Å². The number of aliphatic hydroxyl groups is 1. The van der Waals surface area contributed by atoms with Gasteiger partial charge in [0, 0.05) is 0 Å². The SMILES string of the molecule is O=Cc1c(F)cnn1CCO. The minimum Gasteiger partial charge on any atom is -0.394 e. The molecule has 0 aliphatic heterocycles. The Bertz CT molecular complexity index is 259. The van der Waals surface area contributed by atoms with E-state index in [9.17, 15) is 9.18 Å². The highest BCUT2D eigenvalue weighted by atomic mass is 19.1. The van der Waals surface area contributed by atoms with Crippen molar-refractivity contribution in [1.29, 1.82) is 0 Å². The van der Waals surface area contributed by atoms with Gasteiger partial charge in [-0.15, -0.1) is 0 Å². The van der Waals surface area contributed by atoms with Gasteiger partial charge in [0.2, 0.25) is 0 Å². The van der Waals surface area contributed by atoms with Crippen LogP contribution in [0.2, 0.25) is 0 Å². The van der Waals surface area contributed by atoms with Gasteiger partial charge in [0.25, 0.3) is 0 Å². The van der Waals surface area contributed by atoms with Gasteiger partial charge in [0.15, 0.2) is 12.1 Å². The monoisotopic (exact) mass is 158 g/mol. The normalized spacial score (nSPS) is 10.0. The highest BCUT2D eigenvalue weighted by Gasteiger charge is 2.07. The molecule has 1 rings (SSSR count). The summed E-state index contributed by atoms with van der Waals surface area (Å²) in [5.41, 5.74) is -0.126. The van der Waals surface area contributed by atoms with E-state index in [2.05, 4.69) is 5.10 Å². The molecule has 0 bridgehead atoms. The Morgan fingerprint density at radius 3 is 3.09 bits per heavy atom. The Labute approximate surface area is 62.3 Å². The summed E-state index contributed by atoms with van der Waals surface area (Å²) in [6.45, 7) is -0.0278. The first-order valence-corrected chi connectivity index (χ1v) is 3.07. The van der Waals surface area contributed by atoms with Crippen LogP contribution in [-0.2, 0) is 6.54 Å². The first-order valence-electron chi connectivity index (χ1n) is 3.07. The van der Waals surface area contributed by atoms with Crippen molar-refractivity contribution < 1.29 is 14.3 Å². The van der Waals surface area contributed by atoms with Crippen LogP contribution in [0.4, 0.5) is 4.39 Å². The molecule has 0 aliphatic rings. The smallest absolute Gasteiger partial charge is 0.171 e. The lowest BCUT2D eigenvalue weighted by Gasteiger charge is -1.97. The molecule has 0 aromatic carbocycles. The Morgan fingerprint density at radius 2 is 2.55 bits per heavy atom. The van der Waals surface area contributed by atoms with Crippen LogP contribution < -0.4 is 0 Å². The first-order chi connectivity index (χ1) is 5.29. The number of hydrogen-bond donors (Lipinski definition) is 1. The fraction of sp³-hybridized carbons (Fsp3) is 0.333. The minimum absolute atomic E-state index is 0.126. The third-order valence-electron chi connectivity index (χ3n) is 1.26. The Kier molecular flexibility index (Phi) is 2.32. The molecule has 5 heteroatoms. The van der Waals surface area contributed by atoms with Crippen molar-refractivity contribution in [3.63, 3.8) is 0 Å². The number of carbonyl (C=O) groups is 1. The van der Waals surface area contributed by atoms with Crippen LogP contribution in [0.25, 0.3) is 0 Å². The molecule has 1 aromatic rings. The second kappa shape index (κ2) is 3.25. The number of aldehydes is 1. The maximum atomic E-state index is 12.5. The fourth-order valence-electron chi connectivity index (χ4n) is 0.762. The fourth-order valence-corrected chi connectivity index (χ4v) is 0.762. The summed E-state index contributed by atoms with van der Waals surface area (Å²) >= 11 is 0. The van der Waals surface area contributed by atoms with Gasteiger partial charge in [0.05, 0.1) is 19.3 Å². The number of aliphatic hydroxyl groups excluding tert-OH is 1. The average molecular weight is 158 g/mol. The predicted octanol–water partition coefficient (Wildman–Crippen LogP) is -0.173. The number of rotatable bonds is 3. The third kappa shape index (κ3) is 1.43. The zero-order valence-corrected chi connectivity index (χ0v) is 5.70. The predicted molar refractivity (Wildman–Crippen MR) is 34.7 cm³/mol. The van der Waals surface area contributed by atoms with E-state index in [0.717, 1.165) is 10.9 Å². The second-order valence-electron chi connectivity index (χ2n) is 1.94. The van der Waals surface area contributed by atoms with E-state index in [1.165, 1.54) is 0 Å². The lowest BCUT2D eigenvalue weighted by atomic mass is 10.4. The molecule has 0 amide bonds. The molecule has 1 aromatic heterocycles. The highest BCUT2D eigenvalue weighted by Crippen LogP contribution is 2.02. The van der Waals surface area contributed by atoms with Crippen molar-refractivity contribution in [1.82, 2.24) is 9.78 Å². The van der Waals surface area contributed by atoms with Crippen molar-refractivity contribution in [3.05, 3.63) is 17.7 Å². The van der Waals surface area contributed by atoms with Gasteiger partial charge >= 0.3 is 0 Å². The summed E-state index contributed by atoms with van der Waals surface area (Å²) in [5.74, 6) is -0.659. The molecular weight excluding hydrogens is 151 g/mol. The summed E-state index contributed by atoms with van der Waals surface area (Å²) in [4.78, 5) is 10.2. The van der Waals surface area contributed by atoms with Crippen LogP contribution in [0.3, 0.4) is 0 Å². The van der Waals surface area contributed by atoms with Crippen LogP contribution in [0.15, 0.2) is 6.20 Å². The Balaban J connectivity index is 2.95. The molecule has 0 saturated carbocycles. The summed E-state index contributed by atoms with van der Waals surface area (Å²) in [5, 5.41) is 12.0. The third-order valence-corrected chi connectivity index (χ3v) is 1.26. The summed E-state index contributed by atoms with van der Waals surface area (Å²) < 4.78 is 13.7. The molecule has 0 fully saturated rings. The zero-order valence-electron chi connectivity index (χ0n) is 5.70. The van der Waals surface area contributed by atoms with Gasteiger partial charge in [-0.2, -0.15) is 5.10 Å². The van der Waals surface area contributed by atoms with Crippen LogP contribution in [-0.4, -0.2) is 27.8 Å². The van der Waals surface area contributed by atoms with Gasteiger partial charge in [-0.25, -0.2) is 4.39 Å². The number of hydrogen-bond acceptors (Lipinski definition) is 3. The van der Waals surface area contributed by atoms with Crippen molar-refractivity contribution in [2.24, 2.45) is 0 Å². The van der Waals surface area contributed by atoms with E-state index in [-0.39, 0.29) is 18.8 Å². The first kappa shape index (κ1) is 7.87. The summed E-state index contributed by atoms with van der Waals surface area (Å²) in [7, 11) is 0. The van der Waals surface area contributed by atoms with E-state index < -0.39 is 5.82 Å². The van der Waals surface area contributed by atoms with E-state index in [4.69, 9.17) is 5.11 Å². The quantitative estimate of drug-likeness (QED) is 0.621. The maximum Gasteiger partial charge on any atom is 0.171 e.